The molecule has 0 aromatic carbocycles. The zero-order valence-corrected chi connectivity index (χ0v) is 6.82. The van der Waals surface area contributed by atoms with Crippen LogP contribution in [0.25, 0.3) is 0 Å². The molecule has 2 bridgehead atoms. The normalized spacial score (nSPS) is 37.4. The highest BCUT2D eigenvalue weighted by molar-refractivity contribution is 6.04. The fourth-order valence-corrected chi connectivity index (χ4v) is 2.04. The standard InChI is InChI=1S/C9H10O3/c1-12-9(11)7-5-2-3-6(4-5)8(7)10/h2-3,5-7H,4H2,1H3/t5-,6-,7-/m0/s1. The largest absolute Gasteiger partial charge is 0.468 e. The summed E-state index contributed by atoms with van der Waals surface area (Å²) in [6.45, 7) is 0. The van der Waals surface area contributed by atoms with Gasteiger partial charge in [-0.1, -0.05) is 12.2 Å². The lowest BCUT2D eigenvalue weighted by Gasteiger charge is -2.13. The van der Waals surface area contributed by atoms with Gasteiger partial charge in [0.05, 0.1) is 7.11 Å². The predicted octanol–water partition coefficient (Wildman–Crippen LogP) is 0.551. The van der Waals surface area contributed by atoms with Crippen molar-refractivity contribution in [3.05, 3.63) is 12.2 Å². The van der Waals surface area contributed by atoms with Crippen LogP contribution >= 0.6 is 0 Å². The minimum Gasteiger partial charge on any atom is -0.468 e. The van der Waals surface area contributed by atoms with Crippen LogP contribution in [0, 0.1) is 17.8 Å². The molecule has 64 valence electrons. The summed E-state index contributed by atoms with van der Waals surface area (Å²) in [6, 6.07) is 0. The summed E-state index contributed by atoms with van der Waals surface area (Å²) < 4.78 is 4.56. The molecule has 1 saturated carbocycles. The van der Waals surface area contributed by atoms with Crippen LogP contribution in [0.1, 0.15) is 6.42 Å². The SMILES string of the molecule is COC(=O)[C@@H]1C(=O)[C@H]2C=C[C@H]1C2. The van der Waals surface area contributed by atoms with Crippen LogP contribution in [-0.2, 0) is 14.3 Å². The number of allylic oxidation sites excluding steroid dienone is 2. The fraction of sp³-hybridized carbons (Fsp3) is 0.556. The van der Waals surface area contributed by atoms with Gasteiger partial charge in [0, 0.05) is 5.92 Å². The van der Waals surface area contributed by atoms with Gasteiger partial charge in [-0.25, -0.2) is 0 Å². The van der Waals surface area contributed by atoms with Crippen LogP contribution in [0.5, 0.6) is 0 Å². The summed E-state index contributed by atoms with van der Waals surface area (Å²) in [5.74, 6) is -0.759. The van der Waals surface area contributed by atoms with Crippen molar-refractivity contribution in [1.82, 2.24) is 0 Å². The molecule has 0 N–H and O–H groups in total. The van der Waals surface area contributed by atoms with Gasteiger partial charge in [-0.05, 0) is 12.3 Å². The van der Waals surface area contributed by atoms with Crippen LogP contribution in [0.2, 0.25) is 0 Å². The maximum atomic E-state index is 11.4. The van der Waals surface area contributed by atoms with Crippen LogP contribution < -0.4 is 0 Å². The summed E-state index contributed by atoms with van der Waals surface area (Å²) in [4.78, 5) is 22.6. The van der Waals surface area contributed by atoms with Crippen molar-refractivity contribution < 1.29 is 14.3 Å². The number of hydrogen-bond acceptors (Lipinski definition) is 3. The van der Waals surface area contributed by atoms with Crippen molar-refractivity contribution in [2.45, 2.75) is 6.42 Å². The van der Waals surface area contributed by atoms with E-state index in [4.69, 9.17) is 0 Å². The maximum absolute atomic E-state index is 11.4. The van der Waals surface area contributed by atoms with Crippen molar-refractivity contribution in [2.75, 3.05) is 7.11 Å². The Kier molecular flexibility index (Phi) is 1.53. The third kappa shape index (κ3) is 0.823. The average Bonchev–Trinajstić information content (AvgIpc) is 2.63. The van der Waals surface area contributed by atoms with E-state index < -0.39 is 5.92 Å². The molecule has 12 heavy (non-hydrogen) atoms. The molecule has 0 radical (unpaired) electrons. The first-order valence-electron chi connectivity index (χ1n) is 4.04. The van der Waals surface area contributed by atoms with Gasteiger partial charge in [0.25, 0.3) is 0 Å². The molecule has 3 atom stereocenters. The van der Waals surface area contributed by atoms with Crippen LogP contribution in [-0.4, -0.2) is 18.9 Å². The smallest absolute Gasteiger partial charge is 0.316 e. The van der Waals surface area contributed by atoms with Crippen molar-refractivity contribution >= 4 is 11.8 Å². The minimum atomic E-state index is -0.509. The molecule has 0 aromatic rings. The maximum Gasteiger partial charge on any atom is 0.316 e. The molecule has 2 rings (SSSR count). The van der Waals surface area contributed by atoms with E-state index in [1.165, 1.54) is 7.11 Å². The number of ether oxygens (including phenoxy) is 1. The van der Waals surface area contributed by atoms with E-state index in [-0.39, 0.29) is 23.6 Å². The quantitative estimate of drug-likeness (QED) is 0.324. The number of carbonyl (C=O) groups excluding carboxylic acids is 2. The van der Waals surface area contributed by atoms with E-state index in [2.05, 4.69) is 4.74 Å². The Bertz CT molecular complexity index is 267. The van der Waals surface area contributed by atoms with Crippen LogP contribution in [0.15, 0.2) is 12.2 Å². The van der Waals surface area contributed by atoms with Crippen molar-refractivity contribution in [3.8, 4) is 0 Å². The molecule has 0 unspecified atom stereocenters. The highest BCUT2D eigenvalue weighted by Crippen LogP contribution is 2.41. The molecule has 3 heteroatoms. The topological polar surface area (TPSA) is 43.4 Å². The summed E-state index contributed by atoms with van der Waals surface area (Å²) in [6.07, 6.45) is 4.65. The second-order valence-electron chi connectivity index (χ2n) is 3.29. The van der Waals surface area contributed by atoms with Gasteiger partial charge in [0.15, 0.2) is 5.78 Å². The Hall–Kier alpha value is -1.12. The first kappa shape index (κ1) is 7.53. The molecule has 0 aliphatic heterocycles. The average molecular weight is 166 g/mol. The molecule has 2 aliphatic rings. The van der Waals surface area contributed by atoms with E-state index in [0.717, 1.165) is 6.42 Å². The molecule has 0 saturated heterocycles. The first-order chi connectivity index (χ1) is 5.74. The third-order valence-electron chi connectivity index (χ3n) is 2.67. The summed E-state index contributed by atoms with van der Waals surface area (Å²) in [7, 11) is 1.32. The molecule has 2 aliphatic carbocycles. The molecule has 0 heterocycles. The second kappa shape index (κ2) is 2.44. The molecule has 0 aromatic heterocycles. The van der Waals surface area contributed by atoms with E-state index >= 15 is 0 Å². The van der Waals surface area contributed by atoms with Gasteiger partial charge in [0.1, 0.15) is 5.92 Å². The number of esters is 1. The van der Waals surface area contributed by atoms with Gasteiger partial charge in [-0.2, -0.15) is 0 Å². The highest BCUT2D eigenvalue weighted by atomic mass is 16.5. The first-order valence-corrected chi connectivity index (χ1v) is 4.04. The van der Waals surface area contributed by atoms with Crippen LogP contribution in [0.3, 0.4) is 0 Å². The number of hydrogen-bond donors (Lipinski definition) is 0. The van der Waals surface area contributed by atoms with E-state index in [9.17, 15) is 9.59 Å². The lowest BCUT2D eigenvalue weighted by molar-refractivity contribution is -0.149. The Balaban J connectivity index is 2.23. The van der Waals surface area contributed by atoms with Gasteiger partial charge in [-0.15, -0.1) is 0 Å². The lowest BCUT2D eigenvalue weighted by Crippen LogP contribution is -2.28. The van der Waals surface area contributed by atoms with Crippen molar-refractivity contribution in [3.63, 3.8) is 0 Å². The predicted molar refractivity (Wildman–Crippen MR) is 41.3 cm³/mol. The number of rotatable bonds is 1. The molecule has 1 fully saturated rings. The molecule has 0 amide bonds. The monoisotopic (exact) mass is 166 g/mol. The summed E-state index contributed by atoms with van der Waals surface area (Å²) in [5.41, 5.74) is 0. The Labute approximate surface area is 70.4 Å². The second-order valence-corrected chi connectivity index (χ2v) is 3.29. The minimum absolute atomic E-state index is 0.0147. The number of fused-ring (bicyclic) bond motifs is 2. The van der Waals surface area contributed by atoms with Crippen molar-refractivity contribution in [1.29, 1.82) is 0 Å². The van der Waals surface area contributed by atoms with Gasteiger partial charge < -0.3 is 4.74 Å². The highest BCUT2D eigenvalue weighted by Gasteiger charge is 2.47. The Morgan fingerprint density at radius 1 is 1.58 bits per heavy atom. The number of Topliss-reactive ketones (excluding diaryl/α,β-unsaturated/α-hetero) is 1. The summed E-state index contributed by atoms with van der Waals surface area (Å²) in [5, 5.41) is 0. The van der Waals surface area contributed by atoms with Crippen LogP contribution in [0.4, 0.5) is 0 Å². The lowest BCUT2D eigenvalue weighted by atomic mass is 9.93. The molecule has 0 spiro atoms. The number of methoxy groups -OCH3 is 1. The summed E-state index contributed by atoms with van der Waals surface area (Å²) >= 11 is 0. The van der Waals surface area contributed by atoms with Gasteiger partial charge >= 0.3 is 5.97 Å². The Morgan fingerprint density at radius 2 is 2.33 bits per heavy atom. The fourth-order valence-electron chi connectivity index (χ4n) is 2.04. The van der Waals surface area contributed by atoms with Gasteiger partial charge in [-0.3, -0.25) is 9.59 Å². The van der Waals surface area contributed by atoms with Crippen molar-refractivity contribution in [2.24, 2.45) is 17.8 Å². The van der Waals surface area contributed by atoms with E-state index in [1.807, 2.05) is 12.2 Å². The molecule has 3 nitrogen and oxygen atoms in total. The number of ketones is 1. The third-order valence-corrected chi connectivity index (χ3v) is 2.67. The van der Waals surface area contributed by atoms with Gasteiger partial charge in [0.2, 0.25) is 0 Å². The number of carbonyl (C=O) groups is 2. The zero-order chi connectivity index (χ0) is 8.72. The molecular weight excluding hydrogens is 156 g/mol. The Morgan fingerprint density at radius 3 is 2.83 bits per heavy atom. The zero-order valence-electron chi connectivity index (χ0n) is 6.82. The van der Waals surface area contributed by atoms with E-state index in [0.29, 0.717) is 0 Å². The van der Waals surface area contributed by atoms with E-state index in [1.54, 1.807) is 0 Å². The molecular formula is C9H10O3.